The molecule has 15 heavy (non-hydrogen) atoms. The third-order valence-electron chi connectivity index (χ3n) is 3.70. The highest BCUT2D eigenvalue weighted by Gasteiger charge is 2.43. The van der Waals surface area contributed by atoms with Gasteiger partial charge in [-0.3, -0.25) is 4.79 Å². The SMILES string of the molecule is O=C1NCC2(CCC2)c2ccc(F)cc21. The molecule has 78 valence electrons. The van der Waals surface area contributed by atoms with Gasteiger partial charge in [-0.2, -0.15) is 0 Å². The summed E-state index contributed by atoms with van der Waals surface area (Å²) < 4.78 is 13.1. The fourth-order valence-corrected chi connectivity index (χ4v) is 2.66. The van der Waals surface area contributed by atoms with E-state index in [2.05, 4.69) is 5.32 Å². The Labute approximate surface area is 87.5 Å². The molecule has 1 amide bonds. The van der Waals surface area contributed by atoms with Crippen molar-refractivity contribution in [3.63, 3.8) is 0 Å². The van der Waals surface area contributed by atoms with E-state index in [0.29, 0.717) is 12.1 Å². The third kappa shape index (κ3) is 1.12. The molecule has 3 rings (SSSR count). The number of carbonyl (C=O) groups excluding carboxylic acids is 1. The van der Waals surface area contributed by atoms with Crippen molar-refractivity contribution in [3.05, 3.63) is 35.1 Å². The molecule has 1 saturated carbocycles. The summed E-state index contributed by atoms with van der Waals surface area (Å²) in [5, 5.41) is 2.85. The van der Waals surface area contributed by atoms with E-state index in [1.54, 1.807) is 6.07 Å². The molecule has 1 aliphatic carbocycles. The number of amides is 1. The van der Waals surface area contributed by atoms with Gasteiger partial charge in [-0.05, 0) is 30.5 Å². The van der Waals surface area contributed by atoms with Gasteiger partial charge in [0.25, 0.3) is 5.91 Å². The number of hydrogen-bond donors (Lipinski definition) is 1. The van der Waals surface area contributed by atoms with Crippen LogP contribution >= 0.6 is 0 Å². The van der Waals surface area contributed by atoms with Gasteiger partial charge in [-0.1, -0.05) is 12.5 Å². The minimum absolute atomic E-state index is 0.108. The second-order valence-electron chi connectivity index (χ2n) is 4.51. The molecule has 1 heterocycles. The summed E-state index contributed by atoms with van der Waals surface area (Å²) in [6.07, 6.45) is 3.41. The molecule has 1 spiro atoms. The van der Waals surface area contributed by atoms with Gasteiger partial charge in [-0.25, -0.2) is 4.39 Å². The quantitative estimate of drug-likeness (QED) is 0.689. The van der Waals surface area contributed by atoms with Gasteiger partial charge in [0.2, 0.25) is 0 Å². The summed E-state index contributed by atoms with van der Waals surface area (Å²) in [4.78, 5) is 11.6. The summed E-state index contributed by atoms with van der Waals surface area (Å²) in [5.41, 5.74) is 1.68. The first kappa shape index (κ1) is 8.89. The fourth-order valence-electron chi connectivity index (χ4n) is 2.66. The summed E-state index contributed by atoms with van der Waals surface area (Å²) in [5.74, 6) is -0.470. The fraction of sp³-hybridized carbons (Fsp3) is 0.417. The lowest BCUT2D eigenvalue weighted by atomic mass is 9.62. The average molecular weight is 205 g/mol. The first-order valence-corrected chi connectivity index (χ1v) is 5.30. The predicted molar refractivity (Wildman–Crippen MR) is 54.3 cm³/mol. The molecule has 0 saturated heterocycles. The second-order valence-corrected chi connectivity index (χ2v) is 4.51. The van der Waals surface area contributed by atoms with Crippen LogP contribution in [-0.4, -0.2) is 12.5 Å². The van der Waals surface area contributed by atoms with Crippen LogP contribution in [0.5, 0.6) is 0 Å². The monoisotopic (exact) mass is 205 g/mol. The molecule has 0 unspecified atom stereocenters. The van der Waals surface area contributed by atoms with Crippen molar-refractivity contribution in [2.75, 3.05) is 6.54 Å². The molecule has 0 bridgehead atoms. The van der Waals surface area contributed by atoms with Crippen LogP contribution in [0.1, 0.15) is 35.2 Å². The molecular formula is C12H12FNO. The molecule has 2 nitrogen and oxygen atoms in total. The van der Waals surface area contributed by atoms with Crippen molar-refractivity contribution in [1.29, 1.82) is 0 Å². The van der Waals surface area contributed by atoms with Gasteiger partial charge in [0.1, 0.15) is 5.82 Å². The van der Waals surface area contributed by atoms with Crippen molar-refractivity contribution in [3.8, 4) is 0 Å². The van der Waals surface area contributed by atoms with Crippen molar-refractivity contribution < 1.29 is 9.18 Å². The molecule has 0 radical (unpaired) electrons. The first-order valence-electron chi connectivity index (χ1n) is 5.30. The van der Waals surface area contributed by atoms with E-state index in [9.17, 15) is 9.18 Å². The maximum atomic E-state index is 13.1. The van der Waals surface area contributed by atoms with E-state index in [1.165, 1.54) is 18.6 Å². The lowest BCUT2D eigenvalue weighted by Crippen LogP contribution is -2.50. The first-order chi connectivity index (χ1) is 7.21. The van der Waals surface area contributed by atoms with Gasteiger partial charge in [-0.15, -0.1) is 0 Å². The zero-order valence-electron chi connectivity index (χ0n) is 8.35. The number of rotatable bonds is 0. The molecule has 3 heteroatoms. The number of fused-ring (bicyclic) bond motifs is 2. The van der Waals surface area contributed by atoms with Crippen molar-refractivity contribution in [2.45, 2.75) is 24.7 Å². The third-order valence-corrected chi connectivity index (χ3v) is 3.70. The molecule has 1 N–H and O–H groups in total. The zero-order chi connectivity index (χ0) is 10.5. The summed E-state index contributed by atoms with van der Waals surface area (Å²) in [6.45, 7) is 0.713. The van der Waals surface area contributed by atoms with Gasteiger partial charge >= 0.3 is 0 Å². The van der Waals surface area contributed by atoms with E-state index in [-0.39, 0.29) is 17.1 Å². The van der Waals surface area contributed by atoms with E-state index < -0.39 is 0 Å². The highest BCUT2D eigenvalue weighted by Crippen LogP contribution is 2.46. The number of benzene rings is 1. The lowest BCUT2D eigenvalue weighted by molar-refractivity contribution is 0.0895. The van der Waals surface area contributed by atoms with Crippen LogP contribution in [0.15, 0.2) is 18.2 Å². The molecule has 2 aliphatic rings. The predicted octanol–water partition coefficient (Wildman–Crippen LogP) is 1.99. The highest BCUT2D eigenvalue weighted by molar-refractivity contribution is 5.97. The van der Waals surface area contributed by atoms with E-state index >= 15 is 0 Å². The molecule has 0 atom stereocenters. The van der Waals surface area contributed by atoms with Crippen molar-refractivity contribution in [1.82, 2.24) is 5.32 Å². The number of nitrogens with one attached hydrogen (secondary N) is 1. The van der Waals surface area contributed by atoms with Gasteiger partial charge in [0.05, 0.1) is 0 Å². The summed E-state index contributed by atoms with van der Waals surface area (Å²) in [7, 11) is 0. The Hall–Kier alpha value is -1.38. The largest absolute Gasteiger partial charge is 0.351 e. The summed E-state index contributed by atoms with van der Waals surface area (Å²) >= 11 is 0. The molecule has 1 aliphatic heterocycles. The highest BCUT2D eigenvalue weighted by atomic mass is 19.1. The molecule has 1 aromatic carbocycles. The Morgan fingerprint density at radius 1 is 1.33 bits per heavy atom. The normalized spacial score (nSPS) is 21.8. The van der Waals surface area contributed by atoms with Gasteiger partial charge in [0.15, 0.2) is 0 Å². The van der Waals surface area contributed by atoms with Crippen molar-refractivity contribution >= 4 is 5.91 Å². The van der Waals surface area contributed by atoms with Crippen molar-refractivity contribution in [2.24, 2.45) is 0 Å². The van der Waals surface area contributed by atoms with Crippen LogP contribution in [0, 0.1) is 5.82 Å². The maximum Gasteiger partial charge on any atom is 0.251 e. The van der Waals surface area contributed by atoms with Gasteiger partial charge < -0.3 is 5.32 Å². The van der Waals surface area contributed by atoms with Crippen LogP contribution in [0.4, 0.5) is 4.39 Å². The Morgan fingerprint density at radius 2 is 2.13 bits per heavy atom. The molecular weight excluding hydrogens is 193 g/mol. The molecule has 0 aromatic heterocycles. The Bertz CT molecular complexity index is 437. The maximum absolute atomic E-state index is 13.1. The van der Waals surface area contributed by atoms with Gasteiger partial charge in [0, 0.05) is 17.5 Å². The standard InChI is InChI=1S/C12H12FNO/c13-8-2-3-10-9(6-8)11(15)14-7-12(10)4-1-5-12/h2-3,6H,1,4-5,7H2,(H,14,15). The number of halogens is 1. The lowest BCUT2D eigenvalue weighted by Gasteiger charge is -2.45. The Balaban J connectivity index is 2.17. The van der Waals surface area contributed by atoms with E-state index in [4.69, 9.17) is 0 Å². The minimum atomic E-state index is -0.333. The molecule has 1 aromatic rings. The Morgan fingerprint density at radius 3 is 2.80 bits per heavy atom. The van der Waals surface area contributed by atoms with E-state index in [0.717, 1.165) is 18.4 Å². The second kappa shape index (κ2) is 2.81. The average Bonchev–Trinajstić information content (AvgIpc) is 2.17. The van der Waals surface area contributed by atoms with Crippen LogP contribution in [-0.2, 0) is 5.41 Å². The summed E-state index contributed by atoms with van der Waals surface area (Å²) in [6, 6.07) is 4.59. The topological polar surface area (TPSA) is 29.1 Å². The van der Waals surface area contributed by atoms with E-state index in [1.807, 2.05) is 0 Å². The number of carbonyl (C=O) groups is 1. The van der Waals surface area contributed by atoms with Crippen LogP contribution < -0.4 is 5.32 Å². The minimum Gasteiger partial charge on any atom is -0.351 e. The van der Waals surface area contributed by atoms with Crippen LogP contribution in [0.3, 0.4) is 0 Å². The molecule has 1 fully saturated rings. The smallest absolute Gasteiger partial charge is 0.251 e. The van der Waals surface area contributed by atoms with Crippen LogP contribution in [0.25, 0.3) is 0 Å². The number of hydrogen-bond acceptors (Lipinski definition) is 1. The van der Waals surface area contributed by atoms with Crippen LogP contribution in [0.2, 0.25) is 0 Å². The Kier molecular flexibility index (Phi) is 1.67. The zero-order valence-corrected chi connectivity index (χ0v) is 8.35.